The Kier molecular flexibility index (Phi) is 4.22. The van der Waals surface area contributed by atoms with Gasteiger partial charge in [0.1, 0.15) is 0 Å². The molecule has 1 aliphatic heterocycles. The number of unbranched alkanes of at least 4 members (excludes halogenated alkanes) is 1. The summed E-state index contributed by atoms with van der Waals surface area (Å²) < 4.78 is 0. The molecule has 1 fully saturated rings. The summed E-state index contributed by atoms with van der Waals surface area (Å²) >= 11 is 0. The Balaban J connectivity index is 2.32. The minimum Gasteiger partial charge on any atom is -0.272 e. The van der Waals surface area contributed by atoms with Crippen LogP contribution in [-0.4, -0.2) is 24.1 Å². The van der Waals surface area contributed by atoms with Gasteiger partial charge in [-0.2, -0.15) is 0 Å². The Morgan fingerprint density at radius 3 is 2.92 bits per heavy atom. The first-order valence-electron chi connectivity index (χ1n) is 5.23. The van der Waals surface area contributed by atoms with Crippen molar-refractivity contribution in [1.29, 1.82) is 0 Å². The third-order valence-electron chi connectivity index (χ3n) is 2.47. The number of hydrogen-bond acceptors (Lipinski definition) is 2. The maximum atomic E-state index is 11.6. The van der Waals surface area contributed by atoms with Crippen molar-refractivity contribution in [2.24, 2.45) is 5.92 Å². The van der Waals surface area contributed by atoms with Gasteiger partial charge in [-0.1, -0.05) is 19.8 Å². The Morgan fingerprint density at radius 2 is 2.31 bits per heavy atom. The van der Waals surface area contributed by atoms with Crippen LogP contribution in [0.5, 0.6) is 0 Å². The van der Waals surface area contributed by atoms with E-state index in [4.69, 9.17) is 4.84 Å². The fourth-order valence-corrected chi connectivity index (χ4v) is 1.71. The fourth-order valence-electron chi connectivity index (χ4n) is 1.71. The molecule has 1 heterocycles. The fraction of sp³-hybridized carbons (Fsp3) is 0.900. The van der Waals surface area contributed by atoms with Gasteiger partial charge in [-0.3, -0.25) is 9.63 Å². The van der Waals surface area contributed by atoms with Crippen molar-refractivity contribution in [3.8, 4) is 0 Å². The number of amides is 1. The van der Waals surface area contributed by atoms with Crippen LogP contribution in [-0.2, 0) is 9.63 Å². The van der Waals surface area contributed by atoms with Crippen LogP contribution >= 0.6 is 0 Å². The zero-order valence-electron chi connectivity index (χ0n) is 8.58. The summed E-state index contributed by atoms with van der Waals surface area (Å²) in [5.74, 6) is 0.418. The largest absolute Gasteiger partial charge is 0.272 e. The van der Waals surface area contributed by atoms with Crippen molar-refractivity contribution < 1.29 is 9.63 Å². The molecule has 0 bridgehead atoms. The van der Waals surface area contributed by atoms with E-state index in [0.717, 1.165) is 25.8 Å². The molecule has 1 aliphatic rings. The normalized spacial score (nSPS) is 22.8. The van der Waals surface area contributed by atoms with E-state index in [1.165, 1.54) is 11.5 Å². The van der Waals surface area contributed by atoms with Crippen LogP contribution in [0.2, 0.25) is 0 Å². The van der Waals surface area contributed by atoms with Gasteiger partial charge in [0, 0.05) is 12.5 Å². The zero-order valence-corrected chi connectivity index (χ0v) is 8.58. The number of rotatable bonds is 5. The summed E-state index contributed by atoms with van der Waals surface area (Å²) in [5, 5.41) is 1.53. The minimum atomic E-state index is 0.190. The molecule has 13 heavy (non-hydrogen) atoms. The molecule has 1 rings (SSSR count). The van der Waals surface area contributed by atoms with Crippen molar-refractivity contribution in [3.63, 3.8) is 0 Å². The molecule has 3 heteroatoms. The SMILES string of the molecule is CCCCC1CCN(OCC)C1=O. The maximum absolute atomic E-state index is 11.6. The van der Waals surface area contributed by atoms with Crippen molar-refractivity contribution >= 4 is 5.91 Å². The van der Waals surface area contributed by atoms with Gasteiger partial charge in [-0.15, -0.1) is 0 Å². The molecule has 0 aromatic carbocycles. The summed E-state index contributed by atoms with van der Waals surface area (Å²) in [6, 6.07) is 0. The monoisotopic (exact) mass is 185 g/mol. The second kappa shape index (κ2) is 5.22. The average molecular weight is 185 g/mol. The topological polar surface area (TPSA) is 29.5 Å². The first kappa shape index (κ1) is 10.5. The van der Waals surface area contributed by atoms with Gasteiger partial charge in [-0.25, -0.2) is 5.06 Å². The molecule has 1 unspecified atom stereocenters. The van der Waals surface area contributed by atoms with E-state index in [9.17, 15) is 4.79 Å². The Labute approximate surface area is 80.0 Å². The number of carbonyl (C=O) groups is 1. The quantitative estimate of drug-likeness (QED) is 0.655. The van der Waals surface area contributed by atoms with E-state index in [2.05, 4.69) is 6.92 Å². The van der Waals surface area contributed by atoms with Gasteiger partial charge in [0.05, 0.1) is 6.61 Å². The Bertz CT molecular complexity index is 170. The first-order chi connectivity index (χ1) is 6.29. The summed E-state index contributed by atoms with van der Waals surface area (Å²) in [7, 11) is 0. The third kappa shape index (κ3) is 2.69. The van der Waals surface area contributed by atoms with Crippen LogP contribution < -0.4 is 0 Å². The lowest BCUT2D eigenvalue weighted by Gasteiger charge is -2.14. The molecule has 1 atom stereocenters. The molecule has 1 amide bonds. The molecule has 0 spiro atoms. The zero-order chi connectivity index (χ0) is 9.68. The van der Waals surface area contributed by atoms with E-state index in [-0.39, 0.29) is 11.8 Å². The van der Waals surface area contributed by atoms with Gasteiger partial charge >= 0.3 is 0 Å². The molecular formula is C10H19NO2. The van der Waals surface area contributed by atoms with Gasteiger partial charge < -0.3 is 0 Å². The van der Waals surface area contributed by atoms with Crippen molar-refractivity contribution in [2.45, 2.75) is 39.5 Å². The van der Waals surface area contributed by atoms with Crippen molar-refractivity contribution in [1.82, 2.24) is 5.06 Å². The molecular weight excluding hydrogens is 166 g/mol. The van der Waals surface area contributed by atoms with Crippen LogP contribution in [0.1, 0.15) is 39.5 Å². The van der Waals surface area contributed by atoms with Crippen LogP contribution in [0.4, 0.5) is 0 Å². The van der Waals surface area contributed by atoms with Gasteiger partial charge in [-0.05, 0) is 19.8 Å². The number of nitrogens with zero attached hydrogens (tertiary/aromatic N) is 1. The minimum absolute atomic E-state index is 0.190. The predicted octanol–water partition coefficient (Wildman–Crippen LogP) is 1.98. The van der Waals surface area contributed by atoms with Crippen LogP contribution in [0.3, 0.4) is 0 Å². The Morgan fingerprint density at radius 1 is 1.54 bits per heavy atom. The van der Waals surface area contributed by atoms with E-state index < -0.39 is 0 Å². The number of hydroxylamine groups is 2. The molecule has 1 saturated heterocycles. The van der Waals surface area contributed by atoms with Gasteiger partial charge in [0.2, 0.25) is 5.91 Å². The summed E-state index contributed by atoms with van der Waals surface area (Å²) in [6.07, 6.45) is 4.31. The highest BCUT2D eigenvalue weighted by Crippen LogP contribution is 2.23. The molecule has 0 N–H and O–H groups in total. The highest BCUT2D eigenvalue weighted by Gasteiger charge is 2.31. The maximum Gasteiger partial charge on any atom is 0.249 e. The summed E-state index contributed by atoms with van der Waals surface area (Å²) in [6.45, 7) is 5.43. The number of hydrogen-bond donors (Lipinski definition) is 0. The van der Waals surface area contributed by atoms with Gasteiger partial charge in [0.25, 0.3) is 0 Å². The van der Waals surface area contributed by atoms with Crippen molar-refractivity contribution in [3.05, 3.63) is 0 Å². The molecule has 0 aliphatic carbocycles. The van der Waals surface area contributed by atoms with E-state index in [1.807, 2.05) is 6.92 Å². The number of carbonyl (C=O) groups excluding carboxylic acids is 1. The molecule has 0 radical (unpaired) electrons. The van der Waals surface area contributed by atoms with Crippen LogP contribution in [0.15, 0.2) is 0 Å². The third-order valence-corrected chi connectivity index (χ3v) is 2.47. The lowest BCUT2D eigenvalue weighted by Crippen LogP contribution is -2.27. The summed E-state index contributed by atoms with van der Waals surface area (Å²) in [4.78, 5) is 16.8. The smallest absolute Gasteiger partial charge is 0.249 e. The highest BCUT2D eigenvalue weighted by molar-refractivity contribution is 5.79. The van der Waals surface area contributed by atoms with E-state index >= 15 is 0 Å². The Hall–Kier alpha value is -0.570. The highest BCUT2D eigenvalue weighted by atomic mass is 16.7. The van der Waals surface area contributed by atoms with Crippen molar-refractivity contribution in [2.75, 3.05) is 13.2 Å². The standard InChI is InChI=1S/C10H19NO2/c1-3-5-6-9-7-8-11(10(9)12)13-4-2/h9H,3-8H2,1-2H3. The van der Waals surface area contributed by atoms with Crippen LogP contribution in [0.25, 0.3) is 0 Å². The molecule has 3 nitrogen and oxygen atoms in total. The average Bonchev–Trinajstić information content (AvgIpc) is 2.46. The van der Waals surface area contributed by atoms with Crippen LogP contribution in [0, 0.1) is 5.92 Å². The van der Waals surface area contributed by atoms with E-state index in [1.54, 1.807) is 0 Å². The molecule has 0 saturated carbocycles. The predicted molar refractivity (Wildman–Crippen MR) is 51.0 cm³/mol. The molecule has 0 aromatic rings. The lowest BCUT2D eigenvalue weighted by molar-refractivity contribution is -0.177. The lowest BCUT2D eigenvalue weighted by atomic mass is 10.0. The molecule has 76 valence electrons. The van der Waals surface area contributed by atoms with Gasteiger partial charge in [0.15, 0.2) is 0 Å². The summed E-state index contributed by atoms with van der Waals surface area (Å²) in [5.41, 5.74) is 0. The second-order valence-corrected chi connectivity index (χ2v) is 3.49. The molecule has 0 aromatic heterocycles. The second-order valence-electron chi connectivity index (χ2n) is 3.49. The first-order valence-corrected chi connectivity index (χ1v) is 5.23. The van der Waals surface area contributed by atoms with E-state index in [0.29, 0.717) is 6.61 Å².